The largest absolute Gasteiger partial charge is 0.381 e. The lowest BCUT2D eigenvalue weighted by Crippen LogP contribution is -2.27. The van der Waals surface area contributed by atoms with Crippen LogP contribution >= 0.6 is 0 Å². The molecule has 0 aromatic carbocycles. The molecule has 0 bridgehead atoms. The standard InChI is InChI=1S/C18H32N4O/c1-13(2)15-5-3-14(4-6-15)11-19-12-17-20-18(22-21-17)16-7-9-23-10-8-16/h13-16,19H,3-12H2,1-2H3,(H,20,21,22). The Hall–Kier alpha value is -0.940. The zero-order valence-electron chi connectivity index (χ0n) is 14.7. The van der Waals surface area contributed by atoms with Crippen LogP contribution in [0.4, 0.5) is 0 Å². The molecule has 3 rings (SSSR count). The molecule has 2 heterocycles. The van der Waals surface area contributed by atoms with Gasteiger partial charge in [0.15, 0.2) is 5.82 Å². The average molecular weight is 320 g/mol. The van der Waals surface area contributed by atoms with Gasteiger partial charge >= 0.3 is 0 Å². The van der Waals surface area contributed by atoms with E-state index in [1.807, 2.05) is 0 Å². The molecule has 0 unspecified atom stereocenters. The zero-order chi connectivity index (χ0) is 16.1. The second kappa shape index (κ2) is 8.25. The van der Waals surface area contributed by atoms with E-state index in [-0.39, 0.29) is 0 Å². The second-order valence-electron chi connectivity index (χ2n) is 7.68. The molecule has 1 aromatic rings. The lowest BCUT2D eigenvalue weighted by Gasteiger charge is -2.30. The van der Waals surface area contributed by atoms with E-state index in [4.69, 9.17) is 4.74 Å². The van der Waals surface area contributed by atoms with E-state index in [0.717, 1.165) is 68.5 Å². The molecule has 1 saturated heterocycles. The molecule has 1 aliphatic carbocycles. The molecule has 0 atom stereocenters. The molecule has 1 aromatic heterocycles. The highest BCUT2D eigenvalue weighted by molar-refractivity contribution is 4.98. The van der Waals surface area contributed by atoms with Crippen molar-refractivity contribution in [1.29, 1.82) is 0 Å². The van der Waals surface area contributed by atoms with E-state index in [9.17, 15) is 0 Å². The molecule has 2 N–H and O–H groups in total. The van der Waals surface area contributed by atoms with Crippen molar-refractivity contribution in [3.8, 4) is 0 Å². The normalized spacial score (nSPS) is 26.7. The van der Waals surface area contributed by atoms with E-state index in [2.05, 4.69) is 34.3 Å². The fraction of sp³-hybridized carbons (Fsp3) is 0.889. The second-order valence-corrected chi connectivity index (χ2v) is 7.68. The highest BCUT2D eigenvalue weighted by Crippen LogP contribution is 2.32. The maximum absolute atomic E-state index is 5.40. The summed E-state index contributed by atoms with van der Waals surface area (Å²) in [6.07, 6.45) is 7.65. The molecule has 0 radical (unpaired) electrons. The Morgan fingerprint density at radius 1 is 1.13 bits per heavy atom. The third-order valence-corrected chi connectivity index (χ3v) is 5.70. The van der Waals surface area contributed by atoms with Crippen molar-refractivity contribution in [2.24, 2.45) is 17.8 Å². The molecule has 23 heavy (non-hydrogen) atoms. The van der Waals surface area contributed by atoms with Crippen LogP contribution in [0.5, 0.6) is 0 Å². The highest BCUT2D eigenvalue weighted by Gasteiger charge is 2.23. The molecule has 0 spiro atoms. The van der Waals surface area contributed by atoms with Crippen LogP contribution in [0.3, 0.4) is 0 Å². The number of hydrogen-bond donors (Lipinski definition) is 2. The quantitative estimate of drug-likeness (QED) is 0.844. The number of ether oxygens (including phenoxy) is 1. The van der Waals surface area contributed by atoms with E-state index < -0.39 is 0 Å². The van der Waals surface area contributed by atoms with Crippen molar-refractivity contribution < 1.29 is 4.74 Å². The van der Waals surface area contributed by atoms with Crippen LogP contribution in [0.2, 0.25) is 0 Å². The van der Waals surface area contributed by atoms with Gasteiger partial charge in [-0.15, -0.1) is 0 Å². The number of aromatic amines is 1. The minimum absolute atomic E-state index is 0.472. The van der Waals surface area contributed by atoms with Gasteiger partial charge in [0.05, 0.1) is 6.54 Å². The molecule has 130 valence electrons. The number of rotatable bonds is 6. The summed E-state index contributed by atoms with van der Waals surface area (Å²) in [6.45, 7) is 8.32. The van der Waals surface area contributed by atoms with Crippen LogP contribution in [-0.2, 0) is 11.3 Å². The van der Waals surface area contributed by atoms with Crippen LogP contribution < -0.4 is 5.32 Å². The van der Waals surface area contributed by atoms with Gasteiger partial charge in [-0.2, -0.15) is 5.10 Å². The predicted molar refractivity (Wildman–Crippen MR) is 91.2 cm³/mol. The highest BCUT2D eigenvalue weighted by atomic mass is 16.5. The van der Waals surface area contributed by atoms with E-state index in [0.29, 0.717) is 5.92 Å². The third kappa shape index (κ3) is 4.77. The molecule has 2 fully saturated rings. The van der Waals surface area contributed by atoms with Crippen molar-refractivity contribution in [3.05, 3.63) is 11.6 Å². The summed E-state index contributed by atoms with van der Waals surface area (Å²) in [7, 11) is 0. The summed E-state index contributed by atoms with van der Waals surface area (Å²) in [4.78, 5) is 4.67. The van der Waals surface area contributed by atoms with Gasteiger partial charge in [-0.25, -0.2) is 4.98 Å². The van der Waals surface area contributed by atoms with Gasteiger partial charge in [-0.05, 0) is 62.8 Å². The number of aromatic nitrogens is 3. The molecular weight excluding hydrogens is 288 g/mol. The van der Waals surface area contributed by atoms with Gasteiger partial charge in [0, 0.05) is 19.1 Å². The van der Waals surface area contributed by atoms with Gasteiger partial charge < -0.3 is 10.1 Å². The number of nitrogens with one attached hydrogen (secondary N) is 2. The SMILES string of the molecule is CC(C)C1CCC(CNCc2nc(C3CCOCC3)n[nH]2)CC1. The van der Waals surface area contributed by atoms with Gasteiger partial charge in [0.25, 0.3) is 0 Å². The fourth-order valence-corrected chi connectivity index (χ4v) is 3.98. The van der Waals surface area contributed by atoms with Gasteiger partial charge in [0.1, 0.15) is 5.82 Å². The minimum atomic E-state index is 0.472. The molecule has 5 nitrogen and oxygen atoms in total. The Labute approximate surface area is 140 Å². The summed E-state index contributed by atoms with van der Waals surface area (Å²) in [6, 6.07) is 0. The van der Waals surface area contributed by atoms with E-state index in [1.54, 1.807) is 0 Å². The predicted octanol–water partition coefficient (Wildman–Crippen LogP) is 3.25. The summed E-state index contributed by atoms with van der Waals surface area (Å²) < 4.78 is 5.40. The Morgan fingerprint density at radius 2 is 1.87 bits per heavy atom. The summed E-state index contributed by atoms with van der Waals surface area (Å²) in [5.74, 6) is 5.05. The first-order valence-corrected chi connectivity index (χ1v) is 9.42. The first-order valence-electron chi connectivity index (χ1n) is 9.42. The zero-order valence-corrected chi connectivity index (χ0v) is 14.7. The Morgan fingerprint density at radius 3 is 2.57 bits per heavy atom. The van der Waals surface area contributed by atoms with Crippen molar-refractivity contribution in [2.75, 3.05) is 19.8 Å². The van der Waals surface area contributed by atoms with Crippen LogP contribution in [0.1, 0.15) is 69.9 Å². The van der Waals surface area contributed by atoms with Gasteiger partial charge in [-0.3, -0.25) is 5.10 Å². The lowest BCUT2D eigenvalue weighted by atomic mass is 9.77. The van der Waals surface area contributed by atoms with Crippen LogP contribution in [0, 0.1) is 17.8 Å². The van der Waals surface area contributed by atoms with Crippen molar-refractivity contribution in [3.63, 3.8) is 0 Å². The van der Waals surface area contributed by atoms with Crippen LogP contribution in [0.15, 0.2) is 0 Å². The first-order chi connectivity index (χ1) is 11.2. The molecule has 1 aliphatic heterocycles. The minimum Gasteiger partial charge on any atom is -0.381 e. The topological polar surface area (TPSA) is 62.8 Å². The third-order valence-electron chi connectivity index (χ3n) is 5.70. The van der Waals surface area contributed by atoms with Gasteiger partial charge in [-0.1, -0.05) is 13.8 Å². The Bertz CT molecular complexity index is 459. The average Bonchev–Trinajstić information content (AvgIpc) is 3.05. The van der Waals surface area contributed by atoms with E-state index in [1.165, 1.54) is 25.7 Å². The maximum Gasteiger partial charge on any atom is 0.154 e. The smallest absolute Gasteiger partial charge is 0.154 e. The Balaban J connectivity index is 1.37. The molecule has 2 aliphatic rings. The lowest BCUT2D eigenvalue weighted by molar-refractivity contribution is 0.0836. The summed E-state index contributed by atoms with van der Waals surface area (Å²) >= 11 is 0. The van der Waals surface area contributed by atoms with Crippen LogP contribution in [-0.4, -0.2) is 34.9 Å². The monoisotopic (exact) mass is 320 g/mol. The van der Waals surface area contributed by atoms with Crippen molar-refractivity contribution in [2.45, 2.75) is 64.8 Å². The van der Waals surface area contributed by atoms with Crippen LogP contribution in [0.25, 0.3) is 0 Å². The van der Waals surface area contributed by atoms with E-state index >= 15 is 0 Å². The molecule has 0 amide bonds. The fourth-order valence-electron chi connectivity index (χ4n) is 3.98. The van der Waals surface area contributed by atoms with Crippen molar-refractivity contribution >= 4 is 0 Å². The van der Waals surface area contributed by atoms with Gasteiger partial charge in [0.2, 0.25) is 0 Å². The Kier molecular flexibility index (Phi) is 6.06. The molecule has 5 heteroatoms. The van der Waals surface area contributed by atoms with Crippen molar-refractivity contribution in [1.82, 2.24) is 20.5 Å². The maximum atomic E-state index is 5.40. The number of nitrogens with zero attached hydrogens (tertiary/aromatic N) is 2. The number of H-pyrrole nitrogens is 1. The molecular formula is C18H32N4O. The summed E-state index contributed by atoms with van der Waals surface area (Å²) in [5.41, 5.74) is 0. The first kappa shape index (κ1) is 16.9. The summed E-state index contributed by atoms with van der Waals surface area (Å²) in [5, 5.41) is 11.1. The molecule has 1 saturated carbocycles. The number of hydrogen-bond acceptors (Lipinski definition) is 4.